The first kappa shape index (κ1) is 8.98. The molecule has 2 rings (SSSR count). The Kier molecular flexibility index (Phi) is 2.27. The van der Waals surface area contributed by atoms with Crippen molar-refractivity contribution >= 4 is 0 Å². The lowest BCUT2D eigenvalue weighted by atomic mass is 10.2. The molecule has 0 aromatic heterocycles. The lowest BCUT2D eigenvalue weighted by molar-refractivity contribution is 0.202. The van der Waals surface area contributed by atoms with Crippen molar-refractivity contribution in [2.24, 2.45) is 17.8 Å². The summed E-state index contributed by atoms with van der Waals surface area (Å²) in [6, 6.07) is 2.43. The van der Waals surface area contributed by atoms with Gasteiger partial charge in [0.25, 0.3) is 0 Å². The Bertz CT molecular complexity index is 224. The van der Waals surface area contributed by atoms with Crippen molar-refractivity contribution in [1.29, 1.82) is 5.26 Å². The molecule has 1 saturated carbocycles. The summed E-state index contributed by atoms with van der Waals surface area (Å²) < 4.78 is 0. The van der Waals surface area contributed by atoms with Crippen molar-refractivity contribution in [3.8, 4) is 6.07 Å². The van der Waals surface area contributed by atoms with Gasteiger partial charge in [-0.1, -0.05) is 6.92 Å². The van der Waals surface area contributed by atoms with E-state index in [1.807, 2.05) is 0 Å². The second kappa shape index (κ2) is 3.28. The smallest absolute Gasteiger partial charge is 0.0975 e. The van der Waals surface area contributed by atoms with Crippen molar-refractivity contribution in [2.45, 2.75) is 19.4 Å². The first-order chi connectivity index (χ1) is 6.31. The third-order valence-corrected chi connectivity index (χ3v) is 3.59. The normalized spacial score (nSPS) is 39.6. The van der Waals surface area contributed by atoms with Crippen molar-refractivity contribution in [2.75, 3.05) is 19.7 Å². The second-order valence-corrected chi connectivity index (χ2v) is 4.18. The topological polar surface area (TPSA) is 47.3 Å². The number of nitriles is 1. The van der Waals surface area contributed by atoms with E-state index in [4.69, 9.17) is 10.4 Å². The third-order valence-electron chi connectivity index (χ3n) is 3.59. The van der Waals surface area contributed by atoms with Crippen molar-refractivity contribution in [3.63, 3.8) is 0 Å². The molecule has 1 aliphatic heterocycles. The SMILES string of the molecule is CCC(C#N)N1C[C@@H]2C(CO)[C@@H]2C1. The Morgan fingerprint density at radius 1 is 1.54 bits per heavy atom. The Labute approximate surface area is 79.0 Å². The largest absolute Gasteiger partial charge is 0.396 e. The van der Waals surface area contributed by atoms with Gasteiger partial charge in [0.05, 0.1) is 12.1 Å². The van der Waals surface area contributed by atoms with Crippen LogP contribution < -0.4 is 0 Å². The molecule has 0 aromatic rings. The quantitative estimate of drug-likeness (QED) is 0.686. The lowest BCUT2D eigenvalue weighted by Crippen LogP contribution is -2.34. The number of hydrogen-bond donors (Lipinski definition) is 1. The molecule has 3 nitrogen and oxygen atoms in total. The molecule has 1 heterocycles. The molecule has 13 heavy (non-hydrogen) atoms. The zero-order chi connectivity index (χ0) is 9.42. The van der Waals surface area contributed by atoms with E-state index in [2.05, 4.69) is 17.9 Å². The van der Waals surface area contributed by atoms with Gasteiger partial charge in [-0.15, -0.1) is 0 Å². The molecule has 4 atom stereocenters. The summed E-state index contributed by atoms with van der Waals surface area (Å²) in [7, 11) is 0. The van der Waals surface area contributed by atoms with E-state index in [0.717, 1.165) is 19.5 Å². The van der Waals surface area contributed by atoms with Crippen LogP contribution in [0.4, 0.5) is 0 Å². The highest BCUT2D eigenvalue weighted by molar-refractivity contribution is 5.08. The Balaban J connectivity index is 1.86. The van der Waals surface area contributed by atoms with Crippen LogP contribution in [0.25, 0.3) is 0 Å². The second-order valence-electron chi connectivity index (χ2n) is 4.18. The van der Waals surface area contributed by atoms with Gasteiger partial charge in [-0.3, -0.25) is 4.90 Å². The van der Waals surface area contributed by atoms with Crippen LogP contribution >= 0.6 is 0 Å². The van der Waals surface area contributed by atoms with Gasteiger partial charge in [0.1, 0.15) is 0 Å². The molecule has 1 aliphatic carbocycles. The van der Waals surface area contributed by atoms with Crippen LogP contribution in [0, 0.1) is 29.1 Å². The van der Waals surface area contributed by atoms with Gasteiger partial charge in [0.15, 0.2) is 0 Å². The molecule has 1 saturated heterocycles. The Morgan fingerprint density at radius 3 is 2.54 bits per heavy atom. The maximum atomic E-state index is 8.97. The molecule has 0 amide bonds. The van der Waals surface area contributed by atoms with Gasteiger partial charge in [-0.2, -0.15) is 5.26 Å². The van der Waals surface area contributed by atoms with E-state index in [0.29, 0.717) is 24.4 Å². The molecule has 3 heteroatoms. The van der Waals surface area contributed by atoms with Crippen LogP contribution in [0.3, 0.4) is 0 Å². The van der Waals surface area contributed by atoms with Crippen LogP contribution in [0.1, 0.15) is 13.3 Å². The first-order valence-electron chi connectivity index (χ1n) is 5.06. The zero-order valence-corrected chi connectivity index (χ0v) is 7.98. The molecule has 2 unspecified atom stereocenters. The highest BCUT2D eigenvalue weighted by Gasteiger charge is 2.55. The Morgan fingerprint density at radius 2 is 2.15 bits per heavy atom. The van der Waals surface area contributed by atoms with Crippen LogP contribution in [0.2, 0.25) is 0 Å². The van der Waals surface area contributed by atoms with E-state index < -0.39 is 0 Å². The molecule has 0 aromatic carbocycles. The summed E-state index contributed by atoms with van der Waals surface area (Å²) in [4.78, 5) is 2.27. The molecular formula is C10H16N2O. The highest BCUT2D eigenvalue weighted by Crippen LogP contribution is 2.51. The van der Waals surface area contributed by atoms with Crippen LogP contribution in [0.15, 0.2) is 0 Å². The zero-order valence-electron chi connectivity index (χ0n) is 7.98. The van der Waals surface area contributed by atoms with Gasteiger partial charge in [0, 0.05) is 19.7 Å². The van der Waals surface area contributed by atoms with E-state index in [1.165, 1.54) is 0 Å². The number of likely N-dealkylation sites (tertiary alicyclic amines) is 1. The lowest BCUT2D eigenvalue weighted by Gasteiger charge is -2.23. The number of nitrogens with zero attached hydrogens (tertiary/aromatic N) is 2. The fourth-order valence-corrected chi connectivity index (χ4v) is 2.64. The van der Waals surface area contributed by atoms with E-state index in [-0.39, 0.29) is 6.04 Å². The average Bonchev–Trinajstić information content (AvgIpc) is 2.62. The standard InChI is InChI=1S/C10H16N2O/c1-2-7(3-11)12-4-8-9(5-12)10(8)6-13/h7-10,13H,2,4-6H2,1H3/t7?,8-,9+,10?. The summed E-state index contributed by atoms with van der Waals surface area (Å²) in [6.45, 7) is 4.46. The molecular weight excluding hydrogens is 164 g/mol. The van der Waals surface area contributed by atoms with Crippen molar-refractivity contribution < 1.29 is 5.11 Å². The van der Waals surface area contributed by atoms with Gasteiger partial charge >= 0.3 is 0 Å². The van der Waals surface area contributed by atoms with Crippen molar-refractivity contribution in [3.05, 3.63) is 0 Å². The van der Waals surface area contributed by atoms with E-state index in [9.17, 15) is 0 Å². The molecule has 2 aliphatic rings. The Hall–Kier alpha value is -0.590. The van der Waals surface area contributed by atoms with Gasteiger partial charge in [-0.05, 0) is 24.2 Å². The number of hydrogen-bond acceptors (Lipinski definition) is 3. The maximum Gasteiger partial charge on any atom is 0.0975 e. The third kappa shape index (κ3) is 1.34. The number of rotatable bonds is 3. The van der Waals surface area contributed by atoms with Crippen molar-refractivity contribution in [1.82, 2.24) is 4.90 Å². The molecule has 2 fully saturated rings. The highest BCUT2D eigenvalue weighted by atomic mass is 16.3. The molecule has 0 spiro atoms. The first-order valence-corrected chi connectivity index (χ1v) is 5.06. The minimum absolute atomic E-state index is 0.104. The number of aliphatic hydroxyl groups excluding tert-OH is 1. The predicted molar refractivity (Wildman–Crippen MR) is 48.8 cm³/mol. The summed E-state index contributed by atoms with van der Waals surface area (Å²) in [5.41, 5.74) is 0. The summed E-state index contributed by atoms with van der Waals surface area (Å²) in [5.74, 6) is 1.92. The minimum Gasteiger partial charge on any atom is -0.396 e. The van der Waals surface area contributed by atoms with Gasteiger partial charge in [0.2, 0.25) is 0 Å². The van der Waals surface area contributed by atoms with Gasteiger partial charge < -0.3 is 5.11 Å². The van der Waals surface area contributed by atoms with Gasteiger partial charge in [-0.25, -0.2) is 0 Å². The number of piperidine rings is 1. The number of fused-ring (bicyclic) bond motifs is 1. The molecule has 0 radical (unpaired) electrons. The maximum absolute atomic E-state index is 8.97. The number of aliphatic hydroxyl groups is 1. The fourth-order valence-electron chi connectivity index (χ4n) is 2.64. The summed E-state index contributed by atoms with van der Waals surface area (Å²) in [5, 5.41) is 17.8. The van der Waals surface area contributed by atoms with Crippen LogP contribution in [-0.4, -0.2) is 35.7 Å². The molecule has 1 N–H and O–H groups in total. The monoisotopic (exact) mass is 180 g/mol. The predicted octanol–water partition coefficient (Wildman–Crippen LogP) is 0.459. The summed E-state index contributed by atoms with van der Waals surface area (Å²) in [6.07, 6.45) is 0.916. The summed E-state index contributed by atoms with van der Waals surface area (Å²) >= 11 is 0. The minimum atomic E-state index is 0.104. The van der Waals surface area contributed by atoms with Crippen LogP contribution in [0.5, 0.6) is 0 Å². The average molecular weight is 180 g/mol. The van der Waals surface area contributed by atoms with E-state index in [1.54, 1.807) is 0 Å². The molecule has 0 bridgehead atoms. The molecule has 72 valence electrons. The van der Waals surface area contributed by atoms with E-state index >= 15 is 0 Å². The van der Waals surface area contributed by atoms with Crippen LogP contribution in [-0.2, 0) is 0 Å². The fraction of sp³-hybridized carbons (Fsp3) is 0.900.